The van der Waals surface area contributed by atoms with Crippen LogP contribution in [0.1, 0.15) is 66.9 Å². The van der Waals surface area contributed by atoms with E-state index in [1.165, 1.54) is 37.3 Å². The first kappa shape index (κ1) is 35.2. The molecule has 0 bridgehead atoms. The van der Waals surface area contributed by atoms with E-state index >= 15 is 0 Å². The average Bonchev–Trinajstić information content (AvgIpc) is 3.47. The third kappa shape index (κ3) is 9.01. The van der Waals surface area contributed by atoms with E-state index in [4.69, 9.17) is 14.2 Å². The molecule has 0 amide bonds. The first-order valence-corrected chi connectivity index (χ1v) is 15.6. The van der Waals surface area contributed by atoms with Gasteiger partial charge in [0.2, 0.25) is 0 Å². The molecule has 4 rings (SSSR count). The zero-order valence-corrected chi connectivity index (χ0v) is 26.7. The maximum absolute atomic E-state index is 13.5. The Morgan fingerprint density at radius 1 is 0.830 bits per heavy atom. The molecule has 3 N–H and O–H groups in total. The summed E-state index contributed by atoms with van der Waals surface area (Å²) in [6, 6.07) is 14.7. The number of hydrogen-bond acceptors (Lipinski definition) is 9. The van der Waals surface area contributed by atoms with Crippen LogP contribution < -0.4 is 0 Å². The number of halogens is 1. The summed E-state index contributed by atoms with van der Waals surface area (Å²) in [5.74, 6) is -8.24. The van der Waals surface area contributed by atoms with Gasteiger partial charge in [-0.2, -0.15) is 0 Å². The predicted molar refractivity (Wildman–Crippen MR) is 166 cm³/mol. The van der Waals surface area contributed by atoms with Gasteiger partial charge in [-0.3, -0.25) is 24.0 Å². The second-order valence-corrected chi connectivity index (χ2v) is 12.6. The number of esters is 2. The lowest BCUT2D eigenvalue weighted by Crippen LogP contribution is -2.48. The molecule has 0 spiro atoms. The van der Waals surface area contributed by atoms with E-state index in [2.05, 4.69) is 0 Å². The van der Waals surface area contributed by atoms with Gasteiger partial charge in [-0.1, -0.05) is 24.3 Å². The van der Waals surface area contributed by atoms with Crippen LogP contribution in [-0.4, -0.2) is 57.9 Å². The molecule has 47 heavy (non-hydrogen) atoms. The fourth-order valence-corrected chi connectivity index (χ4v) is 7.23. The number of carboxylic acid groups (broad SMARTS) is 3. The van der Waals surface area contributed by atoms with Crippen molar-refractivity contribution in [2.45, 2.75) is 58.3 Å². The zero-order valence-electron chi connectivity index (χ0n) is 25.9. The molecule has 1 aliphatic rings. The minimum atomic E-state index is -1.25. The number of hydrogen-bond donors (Lipinski definition) is 3. The van der Waals surface area contributed by atoms with Crippen molar-refractivity contribution >= 4 is 41.2 Å². The number of benzene rings is 2. The topological polar surface area (TPSA) is 174 Å². The van der Waals surface area contributed by atoms with Crippen LogP contribution in [-0.2, 0) is 38.2 Å². The summed E-state index contributed by atoms with van der Waals surface area (Å²) < 4.78 is 30.9. The Morgan fingerprint density at radius 3 is 2.04 bits per heavy atom. The molecule has 2 aromatic carbocycles. The molecule has 1 aromatic heterocycles. The van der Waals surface area contributed by atoms with E-state index in [1.54, 1.807) is 43.3 Å². The number of aryl methyl sites for hydroxylation is 1. The van der Waals surface area contributed by atoms with Crippen molar-refractivity contribution in [3.63, 3.8) is 0 Å². The molecular formula is C34H35FO11S. The van der Waals surface area contributed by atoms with Crippen LogP contribution >= 0.6 is 11.3 Å². The lowest BCUT2D eigenvalue weighted by molar-refractivity contribution is -0.189. The second-order valence-electron chi connectivity index (χ2n) is 11.5. The molecule has 0 aliphatic carbocycles. The lowest BCUT2D eigenvalue weighted by atomic mass is 9.68. The highest BCUT2D eigenvalue weighted by molar-refractivity contribution is 7.15. The Morgan fingerprint density at radius 2 is 1.45 bits per heavy atom. The highest BCUT2D eigenvalue weighted by Crippen LogP contribution is 2.49. The van der Waals surface area contributed by atoms with Gasteiger partial charge in [0.15, 0.2) is 6.10 Å². The van der Waals surface area contributed by atoms with Crippen molar-refractivity contribution in [2.24, 2.45) is 17.8 Å². The van der Waals surface area contributed by atoms with Gasteiger partial charge in [0.05, 0.1) is 29.9 Å². The van der Waals surface area contributed by atoms with Gasteiger partial charge < -0.3 is 29.5 Å². The molecule has 1 aliphatic heterocycles. The summed E-state index contributed by atoms with van der Waals surface area (Å²) in [6.07, 6.45) is -4.59. The highest BCUT2D eigenvalue weighted by atomic mass is 32.1. The molecule has 1 saturated heterocycles. The number of ether oxygens (including phenoxy) is 3. The van der Waals surface area contributed by atoms with Crippen LogP contribution in [0.2, 0.25) is 0 Å². The van der Waals surface area contributed by atoms with Crippen LogP contribution in [0.4, 0.5) is 4.39 Å². The first-order valence-electron chi connectivity index (χ1n) is 14.8. The largest absolute Gasteiger partial charge is 0.481 e. The van der Waals surface area contributed by atoms with Crippen LogP contribution in [0.25, 0.3) is 10.4 Å². The Hall–Kier alpha value is -4.62. The van der Waals surface area contributed by atoms with E-state index in [-0.39, 0.29) is 12.4 Å². The van der Waals surface area contributed by atoms with Gasteiger partial charge in [-0.05, 0) is 59.9 Å². The molecular weight excluding hydrogens is 635 g/mol. The number of carbonyl (C=O) groups is 5. The zero-order chi connectivity index (χ0) is 34.4. The van der Waals surface area contributed by atoms with Crippen LogP contribution in [0.15, 0.2) is 54.6 Å². The summed E-state index contributed by atoms with van der Waals surface area (Å²) in [6.45, 7) is 3.88. The fraction of sp³-hybridized carbons (Fsp3) is 0.382. The molecule has 1 fully saturated rings. The monoisotopic (exact) mass is 670 g/mol. The molecule has 13 heteroatoms. The molecule has 250 valence electrons. The molecule has 1 unspecified atom stereocenters. The molecule has 11 nitrogen and oxygen atoms in total. The molecule has 2 heterocycles. The fourth-order valence-electron chi connectivity index (χ4n) is 6.17. The first-order chi connectivity index (χ1) is 22.2. The Bertz CT molecular complexity index is 1630. The maximum Gasteiger partial charge on any atom is 0.303 e. The predicted octanol–water partition coefficient (Wildman–Crippen LogP) is 5.79. The van der Waals surface area contributed by atoms with Crippen molar-refractivity contribution in [3.8, 4) is 10.4 Å². The van der Waals surface area contributed by atoms with Gasteiger partial charge in [0.25, 0.3) is 0 Å². The van der Waals surface area contributed by atoms with Gasteiger partial charge in [0, 0.05) is 42.5 Å². The number of thiophene rings is 1. The van der Waals surface area contributed by atoms with Gasteiger partial charge in [-0.15, -0.1) is 11.3 Å². The Labute approximate surface area is 273 Å². The van der Waals surface area contributed by atoms with Crippen molar-refractivity contribution in [1.29, 1.82) is 0 Å². The molecule has 0 saturated carbocycles. The van der Waals surface area contributed by atoms with E-state index < -0.39 is 85.2 Å². The Balaban J connectivity index is 1.81. The number of rotatable bonds is 13. The quantitative estimate of drug-likeness (QED) is 0.188. The summed E-state index contributed by atoms with van der Waals surface area (Å²) in [5, 5.41) is 29.4. The molecule has 0 radical (unpaired) electrons. The smallest absolute Gasteiger partial charge is 0.303 e. The van der Waals surface area contributed by atoms with Crippen LogP contribution in [0.3, 0.4) is 0 Å². The normalized spacial score (nSPS) is 21.4. The van der Waals surface area contributed by atoms with Crippen LogP contribution in [0.5, 0.6) is 0 Å². The van der Waals surface area contributed by atoms with Gasteiger partial charge >= 0.3 is 29.8 Å². The third-order valence-electron chi connectivity index (χ3n) is 8.18. The van der Waals surface area contributed by atoms with Gasteiger partial charge in [0.1, 0.15) is 12.4 Å². The second kappa shape index (κ2) is 15.3. The maximum atomic E-state index is 13.5. The Kier molecular flexibility index (Phi) is 11.5. The number of carbonyl (C=O) groups excluding carboxylic acids is 2. The molecule has 3 aromatic rings. The van der Waals surface area contributed by atoms with E-state index in [0.29, 0.717) is 16.0 Å². The van der Waals surface area contributed by atoms with Gasteiger partial charge in [-0.25, -0.2) is 4.39 Å². The average molecular weight is 671 g/mol. The SMILES string of the molecule is CC(=O)OC[C@@H]1O[C@H](c2ccc(C)c(C(OC(C)=O)c3ccc(-c4ccc(F)cc4)s3)c2)[C@@H](CC(=O)O)[C@@H](CC(=O)O)[C@H]1CC(=O)O. The number of carboxylic acids is 3. The minimum Gasteiger partial charge on any atom is -0.481 e. The lowest BCUT2D eigenvalue weighted by Gasteiger charge is -2.46. The summed E-state index contributed by atoms with van der Waals surface area (Å²) in [5.41, 5.74) is 2.49. The van der Waals surface area contributed by atoms with Crippen molar-refractivity contribution in [3.05, 3.63) is 82.0 Å². The third-order valence-corrected chi connectivity index (χ3v) is 9.36. The van der Waals surface area contributed by atoms with E-state index in [9.17, 15) is 43.7 Å². The summed E-state index contributed by atoms with van der Waals surface area (Å²) in [4.78, 5) is 61.5. The van der Waals surface area contributed by atoms with Crippen molar-refractivity contribution < 1.29 is 57.9 Å². The molecule has 6 atom stereocenters. The minimum absolute atomic E-state index is 0.365. The van der Waals surface area contributed by atoms with Crippen LogP contribution in [0, 0.1) is 30.5 Å². The van der Waals surface area contributed by atoms with Crippen molar-refractivity contribution in [2.75, 3.05) is 6.61 Å². The summed E-state index contributed by atoms with van der Waals surface area (Å²) >= 11 is 1.34. The standard InChI is InChI=1S/C34H35FO11S/c1-17-4-5-21(12-23(17)34(45-19(3)37)29-11-10-28(47-29)20-6-8-22(35)9-7-20)33-26(15-32(42)43)24(13-30(38)39)25(14-31(40)41)27(46-33)16-44-18(2)36/h4-12,24-27,33-34H,13-16H2,1-3H3,(H,38,39)(H,40,41)(H,42,43)/t24-,25+,26-,27-,33+,34?/m0/s1. The summed E-state index contributed by atoms with van der Waals surface area (Å²) in [7, 11) is 0. The highest BCUT2D eigenvalue weighted by Gasteiger charge is 2.48. The van der Waals surface area contributed by atoms with E-state index in [1.807, 2.05) is 6.07 Å². The van der Waals surface area contributed by atoms with E-state index in [0.717, 1.165) is 16.0 Å². The number of aliphatic carboxylic acids is 3. The van der Waals surface area contributed by atoms with Crippen molar-refractivity contribution in [1.82, 2.24) is 0 Å².